The number of hydrogen-bond acceptors (Lipinski definition) is 6. The van der Waals surface area contributed by atoms with Crippen molar-refractivity contribution in [3.05, 3.63) is 48.4 Å². The molecule has 9 heteroatoms. The zero-order chi connectivity index (χ0) is 20.5. The van der Waals surface area contributed by atoms with Gasteiger partial charge < -0.3 is 14.6 Å². The number of tetrazole rings is 1. The zero-order valence-electron chi connectivity index (χ0n) is 16.4. The van der Waals surface area contributed by atoms with Crippen LogP contribution in [0.5, 0.6) is 0 Å². The molecule has 3 aromatic rings. The van der Waals surface area contributed by atoms with Crippen LogP contribution >= 0.6 is 0 Å². The first-order valence-corrected chi connectivity index (χ1v) is 10.2. The summed E-state index contributed by atoms with van der Waals surface area (Å²) in [6.07, 6.45) is 6.63. The normalized spacial score (nSPS) is 18.9. The van der Waals surface area contributed by atoms with Crippen molar-refractivity contribution in [1.82, 2.24) is 25.1 Å². The molecule has 2 amide bonds. The Hall–Kier alpha value is -3.49. The number of amides is 2. The van der Waals surface area contributed by atoms with Crippen LogP contribution in [-0.2, 0) is 4.79 Å². The summed E-state index contributed by atoms with van der Waals surface area (Å²) < 4.78 is 6.85. The first-order chi connectivity index (χ1) is 14.7. The highest BCUT2D eigenvalue weighted by Crippen LogP contribution is 2.36. The van der Waals surface area contributed by atoms with Crippen LogP contribution in [0.2, 0.25) is 0 Å². The molecule has 1 N–H and O–H groups in total. The quantitative estimate of drug-likeness (QED) is 0.698. The van der Waals surface area contributed by atoms with Gasteiger partial charge in [0.1, 0.15) is 6.26 Å². The van der Waals surface area contributed by atoms with Crippen molar-refractivity contribution in [3.8, 4) is 11.4 Å². The molecule has 0 bridgehead atoms. The first kappa shape index (κ1) is 18.5. The zero-order valence-corrected chi connectivity index (χ0v) is 16.4. The number of benzene rings is 1. The van der Waals surface area contributed by atoms with Gasteiger partial charge in [0.05, 0.1) is 23.8 Å². The summed E-state index contributed by atoms with van der Waals surface area (Å²) >= 11 is 0. The highest BCUT2D eigenvalue weighted by atomic mass is 16.3. The van der Waals surface area contributed by atoms with E-state index >= 15 is 0 Å². The van der Waals surface area contributed by atoms with Crippen LogP contribution in [0.15, 0.2) is 47.3 Å². The Morgan fingerprint density at radius 1 is 1.17 bits per heavy atom. The lowest BCUT2D eigenvalue weighted by Crippen LogP contribution is -2.43. The molecule has 2 fully saturated rings. The van der Waals surface area contributed by atoms with E-state index in [4.69, 9.17) is 4.42 Å². The predicted molar refractivity (Wildman–Crippen MR) is 107 cm³/mol. The number of piperidine rings is 1. The average molecular weight is 406 g/mol. The van der Waals surface area contributed by atoms with Gasteiger partial charge in [0, 0.05) is 24.3 Å². The number of hydrogen-bond donors (Lipinski definition) is 1. The monoisotopic (exact) mass is 406 g/mol. The molecule has 1 saturated carbocycles. The number of carbonyl (C=O) groups excluding carboxylic acids is 2. The molecule has 30 heavy (non-hydrogen) atoms. The maximum absolute atomic E-state index is 12.9. The van der Waals surface area contributed by atoms with Gasteiger partial charge in [-0.15, -0.1) is 5.10 Å². The number of likely N-dealkylation sites (tertiary alicyclic amines) is 1. The van der Waals surface area contributed by atoms with Gasteiger partial charge in [-0.3, -0.25) is 9.59 Å². The highest BCUT2D eigenvalue weighted by Gasteiger charge is 2.30. The smallest absolute Gasteiger partial charge is 0.257 e. The van der Waals surface area contributed by atoms with Crippen LogP contribution in [0.4, 0.5) is 5.69 Å². The summed E-state index contributed by atoms with van der Waals surface area (Å²) in [6.45, 7) is 1.04. The molecule has 1 atom stereocenters. The standard InChI is InChI=1S/C21H22N6O3/c28-20(15-4-2-9-26(12-15)21(29)16-8-10-30-13-16)22-17-5-1-3-14(11-17)19-23-24-25-27(19)18-6-7-18/h1,3,5,8,10-11,13,15,18H,2,4,6-7,9,12H2,(H,22,28)/t15-/m1/s1. The number of nitrogens with one attached hydrogen (secondary N) is 1. The Balaban J connectivity index is 1.27. The maximum Gasteiger partial charge on any atom is 0.257 e. The van der Waals surface area contributed by atoms with Gasteiger partial charge in [0.15, 0.2) is 5.82 Å². The van der Waals surface area contributed by atoms with E-state index in [-0.39, 0.29) is 17.7 Å². The maximum atomic E-state index is 12.9. The van der Waals surface area contributed by atoms with Crippen molar-refractivity contribution in [2.45, 2.75) is 31.7 Å². The lowest BCUT2D eigenvalue weighted by Gasteiger charge is -2.31. The van der Waals surface area contributed by atoms with Gasteiger partial charge in [-0.1, -0.05) is 12.1 Å². The van der Waals surface area contributed by atoms with Crippen molar-refractivity contribution < 1.29 is 14.0 Å². The van der Waals surface area contributed by atoms with Gasteiger partial charge in [0.25, 0.3) is 5.91 Å². The van der Waals surface area contributed by atoms with E-state index in [1.54, 1.807) is 11.0 Å². The van der Waals surface area contributed by atoms with Crippen LogP contribution in [0.3, 0.4) is 0 Å². The summed E-state index contributed by atoms with van der Waals surface area (Å²) in [4.78, 5) is 27.2. The van der Waals surface area contributed by atoms with E-state index in [1.807, 2.05) is 28.9 Å². The molecule has 1 aliphatic heterocycles. The van der Waals surface area contributed by atoms with Gasteiger partial charge in [-0.25, -0.2) is 4.68 Å². The largest absolute Gasteiger partial charge is 0.472 e. The van der Waals surface area contributed by atoms with E-state index in [0.717, 1.165) is 31.2 Å². The van der Waals surface area contributed by atoms with Gasteiger partial charge in [-0.2, -0.15) is 0 Å². The SMILES string of the molecule is O=C(Nc1cccc(-c2nnnn2C2CC2)c1)[C@@H]1CCCN(C(=O)c2ccoc2)C1. The van der Waals surface area contributed by atoms with Crippen LogP contribution in [0.25, 0.3) is 11.4 Å². The van der Waals surface area contributed by atoms with Crippen LogP contribution in [-0.4, -0.2) is 50.0 Å². The minimum atomic E-state index is -0.255. The fourth-order valence-electron chi connectivity index (χ4n) is 3.87. The van der Waals surface area contributed by atoms with Crippen molar-refractivity contribution in [2.24, 2.45) is 5.92 Å². The second kappa shape index (κ2) is 7.74. The number of furan rings is 1. The fraction of sp³-hybridized carbons (Fsp3) is 0.381. The van der Waals surface area contributed by atoms with Gasteiger partial charge in [0.2, 0.25) is 5.91 Å². The molecule has 0 spiro atoms. The molecule has 154 valence electrons. The third-order valence-corrected chi connectivity index (χ3v) is 5.62. The van der Waals surface area contributed by atoms with Crippen LogP contribution in [0, 0.1) is 5.92 Å². The van der Waals surface area contributed by atoms with Gasteiger partial charge >= 0.3 is 0 Å². The second-order valence-electron chi connectivity index (χ2n) is 7.85. The van der Waals surface area contributed by atoms with E-state index in [1.165, 1.54) is 12.5 Å². The lowest BCUT2D eigenvalue weighted by atomic mass is 9.96. The Bertz CT molecular complexity index is 1060. The lowest BCUT2D eigenvalue weighted by molar-refractivity contribution is -0.121. The molecule has 9 nitrogen and oxygen atoms in total. The Kier molecular flexibility index (Phi) is 4.78. The molecular formula is C21H22N6O3. The Morgan fingerprint density at radius 2 is 2.07 bits per heavy atom. The number of nitrogens with zero attached hydrogens (tertiary/aromatic N) is 5. The molecule has 1 saturated heterocycles. The van der Waals surface area contributed by atoms with E-state index in [9.17, 15) is 9.59 Å². The van der Waals surface area contributed by atoms with Crippen molar-refractivity contribution in [2.75, 3.05) is 18.4 Å². The summed E-state index contributed by atoms with van der Waals surface area (Å²) in [7, 11) is 0. The van der Waals surface area contributed by atoms with Crippen molar-refractivity contribution in [3.63, 3.8) is 0 Å². The van der Waals surface area contributed by atoms with E-state index in [0.29, 0.717) is 36.2 Å². The number of anilines is 1. The Labute approximate surface area is 173 Å². The highest BCUT2D eigenvalue weighted by molar-refractivity contribution is 5.96. The van der Waals surface area contributed by atoms with Crippen molar-refractivity contribution in [1.29, 1.82) is 0 Å². The first-order valence-electron chi connectivity index (χ1n) is 10.2. The second-order valence-corrected chi connectivity index (χ2v) is 7.85. The molecule has 0 radical (unpaired) electrons. The number of carbonyl (C=O) groups is 2. The predicted octanol–water partition coefficient (Wildman–Crippen LogP) is 2.76. The Morgan fingerprint density at radius 3 is 2.87 bits per heavy atom. The summed E-state index contributed by atoms with van der Waals surface area (Å²) in [6, 6.07) is 9.57. The van der Waals surface area contributed by atoms with E-state index < -0.39 is 0 Å². The molecule has 3 heterocycles. The minimum Gasteiger partial charge on any atom is -0.472 e. The minimum absolute atomic E-state index is 0.0846. The summed E-state index contributed by atoms with van der Waals surface area (Å²) in [5.41, 5.74) is 2.07. The number of rotatable bonds is 5. The molecule has 0 unspecified atom stereocenters. The number of aromatic nitrogens is 4. The van der Waals surface area contributed by atoms with Crippen LogP contribution < -0.4 is 5.32 Å². The van der Waals surface area contributed by atoms with Gasteiger partial charge in [-0.05, 0) is 54.3 Å². The molecule has 2 aromatic heterocycles. The van der Waals surface area contributed by atoms with Crippen molar-refractivity contribution >= 4 is 17.5 Å². The average Bonchev–Trinajstić information content (AvgIpc) is 3.26. The fourth-order valence-corrected chi connectivity index (χ4v) is 3.87. The topological polar surface area (TPSA) is 106 Å². The molecule has 5 rings (SSSR count). The third-order valence-electron chi connectivity index (χ3n) is 5.62. The van der Waals surface area contributed by atoms with Crippen LogP contribution in [0.1, 0.15) is 42.1 Å². The molecular weight excluding hydrogens is 384 g/mol. The summed E-state index contributed by atoms with van der Waals surface area (Å²) in [5.74, 6) is 0.270. The molecule has 2 aliphatic rings. The molecule has 1 aromatic carbocycles. The third kappa shape index (κ3) is 3.70. The summed E-state index contributed by atoms with van der Waals surface area (Å²) in [5, 5.41) is 15.0. The van der Waals surface area contributed by atoms with E-state index in [2.05, 4.69) is 20.8 Å². The molecule has 1 aliphatic carbocycles.